The van der Waals surface area contributed by atoms with E-state index in [1.165, 1.54) is 35.8 Å². The van der Waals surface area contributed by atoms with Crippen LogP contribution < -0.4 is 5.32 Å². The van der Waals surface area contributed by atoms with Crippen molar-refractivity contribution in [1.82, 2.24) is 25.2 Å². The first-order valence-electron chi connectivity index (χ1n) is 9.41. The highest BCUT2D eigenvalue weighted by molar-refractivity contribution is 5.78. The van der Waals surface area contributed by atoms with Gasteiger partial charge in [0.15, 0.2) is 0 Å². The van der Waals surface area contributed by atoms with Crippen molar-refractivity contribution in [3.8, 4) is 0 Å². The van der Waals surface area contributed by atoms with Gasteiger partial charge < -0.3 is 5.32 Å². The predicted molar refractivity (Wildman–Crippen MR) is 104 cm³/mol. The van der Waals surface area contributed by atoms with Crippen molar-refractivity contribution in [1.29, 1.82) is 0 Å². The van der Waals surface area contributed by atoms with Crippen LogP contribution in [0.15, 0.2) is 55.2 Å². The summed E-state index contributed by atoms with van der Waals surface area (Å²) in [6.07, 6.45) is 11.0. The molecule has 1 N–H and O–H groups in total. The van der Waals surface area contributed by atoms with Gasteiger partial charge in [-0.15, -0.1) is 0 Å². The summed E-state index contributed by atoms with van der Waals surface area (Å²) < 4.78 is 0. The summed E-state index contributed by atoms with van der Waals surface area (Å²) in [6.45, 7) is 4.04. The average Bonchev–Trinajstić information content (AvgIpc) is 2.98. The molecule has 1 aliphatic rings. The third-order valence-electron chi connectivity index (χ3n) is 5.11. The summed E-state index contributed by atoms with van der Waals surface area (Å²) in [6, 6.07) is 11.3. The molecule has 0 aliphatic carbocycles. The standard InChI is InChI=1S/C21H25N5/c1-3-19-11-17(5-6-21(19)25-9-1)14-26(15-18-12-23-16-24-13-18)20-4-2-8-22-10-7-20/h1,3,5-6,9,11-13,16,20,22H,2,4,7-8,10,14-15H2/t20-/m0/s1. The second-order valence-electron chi connectivity index (χ2n) is 7.02. The number of nitrogens with zero attached hydrogens (tertiary/aromatic N) is 4. The minimum atomic E-state index is 0.579. The highest BCUT2D eigenvalue weighted by Gasteiger charge is 2.21. The molecule has 0 spiro atoms. The number of fused-ring (bicyclic) bond motifs is 1. The minimum Gasteiger partial charge on any atom is -0.317 e. The molecule has 1 fully saturated rings. The molecule has 4 rings (SSSR count). The van der Waals surface area contributed by atoms with Crippen LogP contribution in [0.25, 0.3) is 10.9 Å². The van der Waals surface area contributed by atoms with Gasteiger partial charge in [-0.3, -0.25) is 9.88 Å². The fourth-order valence-electron chi connectivity index (χ4n) is 3.78. The predicted octanol–water partition coefficient (Wildman–Crippen LogP) is 3.17. The molecular formula is C21H25N5. The van der Waals surface area contributed by atoms with Crippen LogP contribution in [0.2, 0.25) is 0 Å². The monoisotopic (exact) mass is 347 g/mol. The van der Waals surface area contributed by atoms with Crippen molar-refractivity contribution in [2.45, 2.75) is 38.4 Å². The van der Waals surface area contributed by atoms with Gasteiger partial charge in [0.2, 0.25) is 0 Å². The topological polar surface area (TPSA) is 53.9 Å². The molecule has 0 unspecified atom stereocenters. The van der Waals surface area contributed by atoms with Gasteiger partial charge in [-0.2, -0.15) is 0 Å². The highest BCUT2D eigenvalue weighted by Crippen LogP contribution is 2.21. The van der Waals surface area contributed by atoms with Gasteiger partial charge in [-0.1, -0.05) is 12.1 Å². The van der Waals surface area contributed by atoms with E-state index in [1.807, 2.05) is 24.7 Å². The second kappa shape index (κ2) is 8.34. The summed E-state index contributed by atoms with van der Waals surface area (Å²) in [4.78, 5) is 15.4. The minimum absolute atomic E-state index is 0.579. The molecule has 0 bridgehead atoms. The normalized spacial score (nSPS) is 18.1. The van der Waals surface area contributed by atoms with Crippen LogP contribution in [0, 0.1) is 0 Å². The largest absolute Gasteiger partial charge is 0.317 e. The first-order valence-corrected chi connectivity index (χ1v) is 9.41. The maximum absolute atomic E-state index is 4.43. The maximum Gasteiger partial charge on any atom is 0.115 e. The molecule has 0 amide bonds. The van der Waals surface area contributed by atoms with E-state index in [9.17, 15) is 0 Å². The van der Waals surface area contributed by atoms with Crippen LogP contribution in [0.1, 0.15) is 30.4 Å². The zero-order valence-corrected chi connectivity index (χ0v) is 15.0. The molecule has 0 radical (unpaired) electrons. The summed E-state index contributed by atoms with van der Waals surface area (Å²) in [5.41, 5.74) is 3.56. The Morgan fingerprint density at radius 2 is 1.88 bits per heavy atom. The molecule has 5 heteroatoms. The third kappa shape index (κ3) is 4.23. The van der Waals surface area contributed by atoms with E-state index < -0.39 is 0 Å². The van der Waals surface area contributed by atoms with Gasteiger partial charge in [0.25, 0.3) is 0 Å². The zero-order chi connectivity index (χ0) is 17.6. The Morgan fingerprint density at radius 3 is 2.81 bits per heavy atom. The Morgan fingerprint density at radius 1 is 1.00 bits per heavy atom. The van der Waals surface area contributed by atoms with E-state index in [0.29, 0.717) is 6.04 Å². The quantitative estimate of drug-likeness (QED) is 0.768. The summed E-state index contributed by atoms with van der Waals surface area (Å²) >= 11 is 0. The molecule has 5 nitrogen and oxygen atoms in total. The Kier molecular flexibility index (Phi) is 5.47. The number of nitrogens with one attached hydrogen (secondary N) is 1. The van der Waals surface area contributed by atoms with Crippen molar-refractivity contribution < 1.29 is 0 Å². The lowest BCUT2D eigenvalue weighted by Gasteiger charge is -2.31. The Balaban J connectivity index is 1.58. The Hall–Kier alpha value is -2.37. The first kappa shape index (κ1) is 17.1. The lowest BCUT2D eigenvalue weighted by Crippen LogP contribution is -2.35. The SMILES string of the molecule is c1cnc2ccc(CN(Cc3cncnc3)[C@H]3CCCNCC3)cc2c1. The molecule has 0 saturated carbocycles. The number of hydrogen-bond acceptors (Lipinski definition) is 5. The van der Waals surface area contributed by atoms with E-state index in [1.54, 1.807) is 6.33 Å². The smallest absolute Gasteiger partial charge is 0.115 e. The number of aromatic nitrogens is 3. The number of benzene rings is 1. The van der Waals surface area contributed by atoms with Crippen LogP contribution in [0.5, 0.6) is 0 Å². The van der Waals surface area contributed by atoms with Gasteiger partial charge in [-0.05, 0) is 56.1 Å². The van der Waals surface area contributed by atoms with E-state index in [0.717, 1.165) is 31.7 Å². The molecule has 26 heavy (non-hydrogen) atoms. The molecule has 134 valence electrons. The van der Waals surface area contributed by atoms with Crippen LogP contribution in [0.3, 0.4) is 0 Å². The maximum atomic E-state index is 4.43. The van der Waals surface area contributed by atoms with Crippen LogP contribution in [0.4, 0.5) is 0 Å². The average molecular weight is 347 g/mol. The van der Waals surface area contributed by atoms with Gasteiger partial charge in [0.1, 0.15) is 6.33 Å². The summed E-state index contributed by atoms with van der Waals surface area (Å²) in [5.74, 6) is 0. The van der Waals surface area contributed by atoms with Crippen molar-refractivity contribution >= 4 is 10.9 Å². The van der Waals surface area contributed by atoms with Crippen LogP contribution >= 0.6 is 0 Å². The Labute approximate surface area is 154 Å². The molecule has 3 heterocycles. The van der Waals surface area contributed by atoms with Gasteiger partial charge >= 0.3 is 0 Å². The van der Waals surface area contributed by atoms with Crippen LogP contribution in [-0.4, -0.2) is 39.0 Å². The molecular weight excluding hydrogens is 322 g/mol. The fraction of sp³-hybridized carbons (Fsp3) is 0.381. The van der Waals surface area contributed by atoms with E-state index in [2.05, 4.69) is 49.4 Å². The Bertz CT molecular complexity index is 828. The highest BCUT2D eigenvalue weighted by atomic mass is 15.2. The zero-order valence-electron chi connectivity index (χ0n) is 15.0. The third-order valence-corrected chi connectivity index (χ3v) is 5.11. The lowest BCUT2D eigenvalue weighted by molar-refractivity contribution is 0.164. The van der Waals surface area contributed by atoms with Crippen molar-refractivity contribution in [2.24, 2.45) is 0 Å². The van der Waals surface area contributed by atoms with Crippen molar-refractivity contribution in [3.63, 3.8) is 0 Å². The second-order valence-corrected chi connectivity index (χ2v) is 7.02. The summed E-state index contributed by atoms with van der Waals surface area (Å²) in [7, 11) is 0. The molecule has 1 atom stereocenters. The van der Waals surface area contributed by atoms with Gasteiger partial charge in [-0.25, -0.2) is 9.97 Å². The first-order chi connectivity index (χ1) is 12.9. The lowest BCUT2D eigenvalue weighted by atomic mass is 10.0. The van der Waals surface area contributed by atoms with Gasteiger partial charge in [0, 0.05) is 48.7 Å². The van der Waals surface area contributed by atoms with E-state index in [-0.39, 0.29) is 0 Å². The number of pyridine rings is 1. The molecule has 1 aromatic carbocycles. The molecule has 3 aromatic rings. The fourth-order valence-corrected chi connectivity index (χ4v) is 3.78. The van der Waals surface area contributed by atoms with E-state index in [4.69, 9.17) is 0 Å². The van der Waals surface area contributed by atoms with Crippen LogP contribution in [-0.2, 0) is 13.1 Å². The van der Waals surface area contributed by atoms with Crippen molar-refractivity contribution in [2.75, 3.05) is 13.1 Å². The molecule has 1 saturated heterocycles. The summed E-state index contributed by atoms with van der Waals surface area (Å²) in [5, 5.41) is 4.73. The number of rotatable bonds is 5. The van der Waals surface area contributed by atoms with Gasteiger partial charge in [0.05, 0.1) is 5.52 Å². The molecule has 1 aliphatic heterocycles. The molecule has 2 aromatic heterocycles. The van der Waals surface area contributed by atoms with Crippen molar-refractivity contribution in [3.05, 3.63) is 66.4 Å². The number of hydrogen-bond donors (Lipinski definition) is 1. The van der Waals surface area contributed by atoms with E-state index >= 15 is 0 Å².